The first-order valence-electron chi connectivity index (χ1n) is 11.3. The number of aryl methyl sites for hydroxylation is 1. The van der Waals surface area contributed by atoms with Crippen molar-refractivity contribution in [3.8, 4) is 5.75 Å². The Balaban J connectivity index is 1.50. The van der Waals surface area contributed by atoms with Gasteiger partial charge in [0.25, 0.3) is 5.91 Å². The van der Waals surface area contributed by atoms with E-state index in [2.05, 4.69) is 4.57 Å². The molecule has 3 heterocycles. The van der Waals surface area contributed by atoms with Crippen LogP contribution in [0.4, 0.5) is 5.69 Å². The molecule has 2 aliphatic heterocycles. The SMILES string of the molecule is CCn1c(CN2CC(C(N)=O)Oc3ccccc32)nc2cc(S(=O)(=O)N3CCOCC3)ccc21. The number of carbonyl (C=O) groups excluding carboxylic acids is 1. The number of ether oxygens (including phenoxy) is 2. The van der Waals surface area contributed by atoms with Crippen LogP contribution < -0.4 is 15.4 Å². The third-order valence-electron chi connectivity index (χ3n) is 6.23. The fraction of sp³-hybridized carbons (Fsp3) is 0.391. The molecule has 5 rings (SSSR count). The minimum absolute atomic E-state index is 0.222. The van der Waals surface area contributed by atoms with Crippen molar-refractivity contribution in [3.05, 3.63) is 48.3 Å². The van der Waals surface area contributed by atoms with Crippen molar-refractivity contribution in [1.29, 1.82) is 0 Å². The van der Waals surface area contributed by atoms with Gasteiger partial charge in [-0.3, -0.25) is 4.79 Å². The van der Waals surface area contributed by atoms with Crippen LogP contribution in [0.15, 0.2) is 47.4 Å². The Kier molecular flexibility index (Phi) is 5.92. The van der Waals surface area contributed by atoms with Crippen LogP contribution in [0.5, 0.6) is 5.75 Å². The number of hydrogen-bond acceptors (Lipinski definition) is 7. The van der Waals surface area contributed by atoms with Crippen LogP contribution in [-0.4, -0.2) is 67.1 Å². The molecular weight excluding hydrogens is 458 g/mol. The molecule has 0 bridgehead atoms. The lowest BCUT2D eigenvalue weighted by molar-refractivity contribution is -0.124. The lowest BCUT2D eigenvalue weighted by Crippen LogP contribution is -2.47. The lowest BCUT2D eigenvalue weighted by atomic mass is 10.2. The van der Waals surface area contributed by atoms with E-state index in [9.17, 15) is 13.2 Å². The van der Waals surface area contributed by atoms with Crippen LogP contribution in [0.1, 0.15) is 12.7 Å². The topological polar surface area (TPSA) is 120 Å². The molecule has 1 fully saturated rings. The fourth-order valence-corrected chi connectivity index (χ4v) is 5.93. The summed E-state index contributed by atoms with van der Waals surface area (Å²) in [6, 6.07) is 12.6. The Morgan fingerprint density at radius 1 is 1.18 bits per heavy atom. The highest BCUT2D eigenvalue weighted by Gasteiger charge is 2.31. The molecule has 1 aromatic heterocycles. The molecule has 1 atom stereocenters. The Hall–Kier alpha value is -3.15. The van der Waals surface area contributed by atoms with Gasteiger partial charge in [0.1, 0.15) is 11.6 Å². The van der Waals surface area contributed by atoms with E-state index >= 15 is 0 Å². The molecule has 34 heavy (non-hydrogen) atoms. The summed E-state index contributed by atoms with van der Waals surface area (Å²) in [6.07, 6.45) is -0.764. The van der Waals surface area contributed by atoms with Crippen LogP contribution in [-0.2, 0) is 32.6 Å². The predicted molar refractivity (Wildman–Crippen MR) is 126 cm³/mol. The van der Waals surface area contributed by atoms with Crippen molar-refractivity contribution in [2.45, 2.75) is 31.0 Å². The first-order valence-corrected chi connectivity index (χ1v) is 12.7. The van der Waals surface area contributed by atoms with E-state index in [0.717, 1.165) is 17.0 Å². The monoisotopic (exact) mass is 485 g/mol. The van der Waals surface area contributed by atoms with E-state index in [1.54, 1.807) is 12.1 Å². The lowest BCUT2D eigenvalue weighted by Gasteiger charge is -2.34. The standard InChI is InChI=1S/C23H27N5O5S/c1-2-28-18-8-7-16(34(30,31)27-9-11-32-12-10-27)13-17(18)25-22(28)15-26-14-21(23(24)29)33-20-6-4-3-5-19(20)26/h3-8,13,21H,2,9-12,14-15H2,1H3,(H2,24,29). The van der Waals surface area contributed by atoms with Gasteiger partial charge in [0.05, 0.1) is 47.9 Å². The number of benzene rings is 2. The Morgan fingerprint density at radius 3 is 2.68 bits per heavy atom. The highest BCUT2D eigenvalue weighted by molar-refractivity contribution is 7.89. The average molecular weight is 486 g/mol. The molecule has 180 valence electrons. The maximum Gasteiger partial charge on any atom is 0.260 e. The number of primary amides is 1. The van der Waals surface area contributed by atoms with Crippen molar-refractivity contribution in [1.82, 2.24) is 13.9 Å². The normalized spacial score (nSPS) is 19.1. The number of sulfonamides is 1. The van der Waals surface area contributed by atoms with E-state index in [0.29, 0.717) is 57.2 Å². The molecule has 0 saturated carbocycles. The molecule has 3 aromatic rings. The van der Waals surface area contributed by atoms with Gasteiger partial charge in [-0.15, -0.1) is 0 Å². The van der Waals surface area contributed by atoms with E-state index < -0.39 is 22.0 Å². The number of fused-ring (bicyclic) bond motifs is 2. The summed E-state index contributed by atoms with van der Waals surface area (Å²) in [5.41, 5.74) is 7.85. The summed E-state index contributed by atoms with van der Waals surface area (Å²) in [6.45, 7) is 4.86. The number of carbonyl (C=O) groups is 1. The highest BCUT2D eigenvalue weighted by Crippen LogP contribution is 2.34. The van der Waals surface area contributed by atoms with Gasteiger partial charge < -0.3 is 24.7 Å². The van der Waals surface area contributed by atoms with E-state index in [4.69, 9.17) is 20.2 Å². The van der Waals surface area contributed by atoms with Gasteiger partial charge in [-0.2, -0.15) is 4.31 Å². The molecule has 0 radical (unpaired) electrons. The largest absolute Gasteiger partial charge is 0.477 e. The number of aromatic nitrogens is 2. The zero-order valence-electron chi connectivity index (χ0n) is 18.9. The van der Waals surface area contributed by atoms with Crippen molar-refractivity contribution in [2.24, 2.45) is 5.73 Å². The maximum atomic E-state index is 13.1. The minimum atomic E-state index is -3.62. The van der Waals surface area contributed by atoms with Gasteiger partial charge in [0.2, 0.25) is 10.0 Å². The summed E-state index contributed by atoms with van der Waals surface area (Å²) >= 11 is 0. The Labute approximate surface area is 197 Å². The highest BCUT2D eigenvalue weighted by atomic mass is 32.2. The third-order valence-corrected chi connectivity index (χ3v) is 8.13. The summed E-state index contributed by atoms with van der Waals surface area (Å²) in [4.78, 5) is 18.9. The fourth-order valence-electron chi connectivity index (χ4n) is 4.51. The second-order valence-corrected chi connectivity index (χ2v) is 10.2. The van der Waals surface area contributed by atoms with Crippen LogP contribution in [0, 0.1) is 0 Å². The summed E-state index contributed by atoms with van der Waals surface area (Å²) in [7, 11) is -3.62. The average Bonchev–Trinajstić information content (AvgIpc) is 3.20. The van der Waals surface area contributed by atoms with Gasteiger partial charge in [0.15, 0.2) is 6.10 Å². The number of para-hydroxylation sites is 2. The summed E-state index contributed by atoms with van der Waals surface area (Å²) in [5.74, 6) is 0.829. The van der Waals surface area contributed by atoms with Gasteiger partial charge in [0, 0.05) is 19.6 Å². The second kappa shape index (κ2) is 8.90. The first-order chi connectivity index (χ1) is 16.4. The molecule has 0 spiro atoms. The summed E-state index contributed by atoms with van der Waals surface area (Å²) in [5, 5.41) is 0. The molecule has 1 amide bonds. The zero-order valence-corrected chi connectivity index (χ0v) is 19.7. The third kappa shape index (κ3) is 3.99. The molecule has 1 saturated heterocycles. The number of nitrogens with zero attached hydrogens (tertiary/aromatic N) is 4. The van der Waals surface area contributed by atoms with Gasteiger partial charge in [-0.25, -0.2) is 13.4 Å². The molecule has 2 N–H and O–H groups in total. The van der Waals surface area contributed by atoms with Gasteiger partial charge in [-0.05, 0) is 37.3 Å². The molecule has 10 nitrogen and oxygen atoms in total. The van der Waals surface area contributed by atoms with Crippen LogP contribution in [0.3, 0.4) is 0 Å². The summed E-state index contributed by atoms with van der Waals surface area (Å²) < 4.78 is 40.8. The smallest absolute Gasteiger partial charge is 0.260 e. The number of hydrogen-bond donors (Lipinski definition) is 1. The van der Waals surface area contributed by atoms with Crippen molar-refractivity contribution in [2.75, 3.05) is 37.7 Å². The van der Waals surface area contributed by atoms with Gasteiger partial charge in [-0.1, -0.05) is 12.1 Å². The molecular formula is C23H27N5O5S. The predicted octanol–water partition coefficient (Wildman–Crippen LogP) is 1.33. The Bertz CT molecular complexity index is 1330. The van der Waals surface area contributed by atoms with Crippen LogP contribution in [0.2, 0.25) is 0 Å². The van der Waals surface area contributed by atoms with Crippen LogP contribution in [0.25, 0.3) is 11.0 Å². The second-order valence-electron chi connectivity index (χ2n) is 8.30. The van der Waals surface area contributed by atoms with E-state index in [-0.39, 0.29) is 4.90 Å². The molecule has 1 unspecified atom stereocenters. The van der Waals surface area contributed by atoms with Crippen LogP contribution >= 0.6 is 0 Å². The Morgan fingerprint density at radius 2 is 1.94 bits per heavy atom. The van der Waals surface area contributed by atoms with Crippen molar-refractivity contribution >= 4 is 32.7 Å². The molecule has 2 aliphatic rings. The molecule has 11 heteroatoms. The number of amides is 1. The van der Waals surface area contributed by atoms with Crippen molar-refractivity contribution < 1.29 is 22.7 Å². The quantitative estimate of drug-likeness (QED) is 0.559. The number of anilines is 1. The number of nitrogens with two attached hydrogens (primary N) is 1. The number of rotatable bonds is 6. The van der Waals surface area contributed by atoms with Crippen molar-refractivity contribution in [3.63, 3.8) is 0 Å². The molecule has 2 aromatic carbocycles. The minimum Gasteiger partial charge on any atom is -0.477 e. The first kappa shape index (κ1) is 22.6. The zero-order chi connectivity index (χ0) is 23.9. The maximum absolute atomic E-state index is 13.1. The molecule has 0 aliphatic carbocycles. The number of imidazole rings is 1. The van der Waals surface area contributed by atoms with Gasteiger partial charge >= 0.3 is 0 Å². The van der Waals surface area contributed by atoms with E-state index in [1.807, 2.05) is 42.2 Å². The number of morpholine rings is 1. The van der Waals surface area contributed by atoms with E-state index in [1.165, 1.54) is 4.31 Å².